The van der Waals surface area contributed by atoms with E-state index in [1.165, 1.54) is 0 Å². The Labute approximate surface area is 380 Å². The first-order valence-electron chi connectivity index (χ1n) is 21.6. The molecule has 0 aliphatic heterocycles. The second kappa shape index (κ2) is 30.6. The molecule has 2 rings (SSSR count). The van der Waals surface area contributed by atoms with Crippen molar-refractivity contribution in [2.24, 2.45) is 28.7 Å². The quantitative estimate of drug-likeness (QED) is 0.0284. The van der Waals surface area contributed by atoms with Crippen LogP contribution in [0.2, 0.25) is 0 Å². The second-order valence-electron chi connectivity index (χ2n) is 15.4. The molecule has 1 heterocycles. The number of para-hydroxylation sites is 1. The van der Waals surface area contributed by atoms with Gasteiger partial charge < -0.3 is 70.7 Å². The van der Waals surface area contributed by atoms with Crippen molar-refractivity contribution in [1.29, 1.82) is 0 Å². The van der Waals surface area contributed by atoms with Crippen LogP contribution in [0.3, 0.4) is 0 Å². The number of thiol groups is 2. The van der Waals surface area contributed by atoms with Crippen molar-refractivity contribution in [2.45, 2.75) is 126 Å². The van der Waals surface area contributed by atoms with E-state index in [0.29, 0.717) is 77.5 Å². The molecular weight excluding hydrogens is 853 g/mol. The minimum atomic E-state index is -1.31. The standard InChI is InChI=1S/C41H70N12O8S2/c42-17-7-3-13-29(36(55)48-30(14-4-8-18-43)37(56)50-32(16-6-10-20-45)39(58)53-34(24-63)41(60)61)49-38(57)31(15-5-9-19-44)51-40(59)33(52-35(54)27(46)23-62)21-25-22-47-28-12-2-1-11-26(25)28/h1-2,11-12,22,27,29-34,47,62-63H,3-10,13-21,23-24,42-46H2,(H,48,55)(H,49,57)(H,50,56)(H,51,59)(H,52,54)(H,53,58)(H,60,61)/t27-,29-,30-,31-,32-,33-,34-/m0/s1. The van der Waals surface area contributed by atoms with E-state index in [1.54, 1.807) is 6.20 Å². The number of hydrogen-bond acceptors (Lipinski definition) is 14. The second-order valence-corrected chi connectivity index (χ2v) is 16.1. The van der Waals surface area contributed by atoms with Gasteiger partial charge in [-0.2, -0.15) is 25.3 Å². The topological polar surface area (TPSA) is 358 Å². The summed E-state index contributed by atoms with van der Waals surface area (Å²) in [6.45, 7) is 1.28. The Morgan fingerprint density at radius 1 is 0.524 bits per heavy atom. The third-order valence-electron chi connectivity index (χ3n) is 10.4. The normalized spacial score (nSPS) is 14.6. The first kappa shape index (κ1) is 54.7. The molecule has 0 saturated carbocycles. The zero-order valence-corrected chi connectivity index (χ0v) is 37.7. The molecule has 20 nitrogen and oxygen atoms in total. The minimum Gasteiger partial charge on any atom is -0.480 e. The number of carboxylic acids is 1. The summed E-state index contributed by atoms with van der Waals surface area (Å²) in [5.41, 5.74) is 30.4. The number of amides is 6. The number of carboxylic acid groups (broad SMARTS) is 1. The van der Waals surface area contributed by atoms with Crippen LogP contribution in [0.1, 0.15) is 82.6 Å². The number of carbonyl (C=O) groups excluding carboxylic acids is 6. The summed E-state index contributed by atoms with van der Waals surface area (Å²) in [4.78, 5) is 97.3. The summed E-state index contributed by atoms with van der Waals surface area (Å²) in [5.74, 6) is -5.57. The molecule has 0 aliphatic rings. The van der Waals surface area contributed by atoms with Crippen molar-refractivity contribution < 1.29 is 38.7 Å². The smallest absolute Gasteiger partial charge is 0.327 e. The fourth-order valence-corrected chi connectivity index (χ4v) is 7.10. The maximum absolute atomic E-state index is 14.2. The average Bonchev–Trinajstić information content (AvgIpc) is 3.68. The number of nitrogens with one attached hydrogen (secondary N) is 7. The van der Waals surface area contributed by atoms with Gasteiger partial charge in [0.05, 0.1) is 6.04 Å². The Morgan fingerprint density at radius 3 is 1.25 bits per heavy atom. The monoisotopic (exact) mass is 922 g/mol. The maximum atomic E-state index is 14.2. The zero-order chi connectivity index (χ0) is 46.7. The predicted molar refractivity (Wildman–Crippen MR) is 249 cm³/mol. The molecule has 0 spiro atoms. The van der Waals surface area contributed by atoms with Crippen molar-refractivity contribution in [3.63, 3.8) is 0 Å². The number of unbranched alkanes of at least 4 members (excludes halogenated alkanes) is 4. The van der Waals surface area contributed by atoms with Crippen LogP contribution in [0.4, 0.5) is 0 Å². The van der Waals surface area contributed by atoms with Crippen LogP contribution in [-0.2, 0) is 40.0 Å². The maximum Gasteiger partial charge on any atom is 0.327 e. The Hall–Kier alpha value is -4.45. The Balaban J connectivity index is 2.41. The third kappa shape index (κ3) is 19.5. The molecule has 0 saturated heterocycles. The summed E-state index contributed by atoms with van der Waals surface area (Å²) in [6.07, 6.45) is 6.16. The van der Waals surface area contributed by atoms with Crippen molar-refractivity contribution in [3.05, 3.63) is 36.0 Å². The molecule has 0 radical (unpaired) electrons. The van der Waals surface area contributed by atoms with Gasteiger partial charge in [0, 0.05) is 35.0 Å². The summed E-state index contributed by atoms with van der Waals surface area (Å²) in [5, 5.41) is 26.4. The summed E-state index contributed by atoms with van der Waals surface area (Å²) < 4.78 is 0. The van der Waals surface area contributed by atoms with Gasteiger partial charge in [-0.1, -0.05) is 18.2 Å². The van der Waals surface area contributed by atoms with E-state index in [2.05, 4.69) is 62.1 Å². The van der Waals surface area contributed by atoms with Crippen molar-refractivity contribution in [1.82, 2.24) is 36.9 Å². The Kier molecular flexibility index (Phi) is 26.6. The Bertz CT molecular complexity index is 1750. The lowest BCUT2D eigenvalue weighted by Crippen LogP contribution is -2.60. The number of carbonyl (C=O) groups is 7. The first-order valence-corrected chi connectivity index (χ1v) is 22.9. The highest BCUT2D eigenvalue weighted by atomic mass is 32.1. The lowest BCUT2D eigenvalue weighted by atomic mass is 10.0. The minimum absolute atomic E-state index is 0.0227. The summed E-state index contributed by atoms with van der Waals surface area (Å²) in [7, 11) is 0. The lowest BCUT2D eigenvalue weighted by Gasteiger charge is -2.28. The van der Waals surface area contributed by atoms with E-state index in [1.807, 2.05) is 24.3 Å². The van der Waals surface area contributed by atoms with Gasteiger partial charge in [-0.25, -0.2) is 4.79 Å². The average molecular weight is 923 g/mol. The highest BCUT2D eigenvalue weighted by Crippen LogP contribution is 2.20. The Morgan fingerprint density at radius 2 is 0.889 bits per heavy atom. The molecule has 18 N–H and O–H groups in total. The number of H-pyrrole nitrogens is 1. The van der Waals surface area contributed by atoms with Crippen LogP contribution >= 0.6 is 25.3 Å². The fourth-order valence-electron chi connectivity index (χ4n) is 6.68. The SMILES string of the molecule is NCCCC[C@H](NC(=O)[C@H](CCCCN)NC(=O)[C@H](CCCCN)NC(=O)[C@H](CCCCN)NC(=O)[C@H](Cc1c[nH]c2ccccc12)NC(=O)[C@@H](N)CS)C(=O)N[C@@H](CS)C(=O)O. The van der Waals surface area contributed by atoms with Crippen molar-refractivity contribution in [2.75, 3.05) is 37.7 Å². The lowest BCUT2D eigenvalue weighted by molar-refractivity contribution is -0.141. The largest absolute Gasteiger partial charge is 0.480 e. The van der Waals surface area contributed by atoms with Crippen LogP contribution < -0.4 is 60.6 Å². The number of aliphatic carboxylic acids is 1. The molecule has 0 bridgehead atoms. The molecule has 22 heteroatoms. The molecule has 1 aromatic carbocycles. The number of aromatic amines is 1. The summed E-state index contributed by atoms with van der Waals surface area (Å²) >= 11 is 8.13. The predicted octanol–water partition coefficient (Wildman–Crippen LogP) is -1.59. The fraction of sp³-hybridized carbons (Fsp3) is 0.634. The van der Waals surface area contributed by atoms with Crippen LogP contribution in [0.15, 0.2) is 30.5 Å². The van der Waals surface area contributed by atoms with Gasteiger partial charge in [-0.05, 0) is 115 Å². The van der Waals surface area contributed by atoms with Crippen LogP contribution in [-0.4, -0.2) is 131 Å². The van der Waals surface area contributed by atoms with Gasteiger partial charge >= 0.3 is 5.97 Å². The summed E-state index contributed by atoms with van der Waals surface area (Å²) in [6, 6.07) is -0.702. The van der Waals surface area contributed by atoms with E-state index in [9.17, 15) is 38.7 Å². The van der Waals surface area contributed by atoms with Crippen LogP contribution in [0.5, 0.6) is 0 Å². The molecule has 6 amide bonds. The molecule has 0 aliphatic carbocycles. The molecule has 0 unspecified atom stereocenters. The highest BCUT2D eigenvalue weighted by Gasteiger charge is 2.33. The van der Waals surface area contributed by atoms with E-state index >= 15 is 0 Å². The van der Waals surface area contributed by atoms with Crippen molar-refractivity contribution in [3.8, 4) is 0 Å². The van der Waals surface area contributed by atoms with Gasteiger partial charge in [-0.15, -0.1) is 0 Å². The first-order chi connectivity index (χ1) is 30.2. The van der Waals surface area contributed by atoms with E-state index in [0.717, 1.165) is 16.5 Å². The van der Waals surface area contributed by atoms with Crippen LogP contribution in [0.25, 0.3) is 10.9 Å². The molecular formula is C41H70N12O8S2. The number of fused-ring (bicyclic) bond motifs is 1. The molecule has 7 atom stereocenters. The zero-order valence-electron chi connectivity index (χ0n) is 35.9. The molecule has 1 aromatic heterocycles. The van der Waals surface area contributed by atoms with Gasteiger partial charge in [0.25, 0.3) is 0 Å². The number of aromatic nitrogens is 1. The number of nitrogens with two attached hydrogens (primary N) is 5. The molecule has 0 fully saturated rings. The van der Waals surface area contributed by atoms with E-state index in [4.69, 9.17) is 28.7 Å². The van der Waals surface area contributed by atoms with Gasteiger partial charge in [0.1, 0.15) is 36.3 Å². The number of hydrogen-bond donors (Lipinski definition) is 15. The van der Waals surface area contributed by atoms with Crippen LogP contribution in [0, 0.1) is 0 Å². The van der Waals surface area contributed by atoms with Crippen molar-refractivity contribution >= 4 is 77.6 Å². The third-order valence-corrected chi connectivity index (χ3v) is 11.1. The molecule has 2 aromatic rings. The molecule has 63 heavy (non-hydrogen) atoms. The van der Waals surface area contributed by atoms with Gasteiger partial charge in [0.2, 0.25) is 35.4 Å². The van der Waals surface area contributed by atoms with Gasteiger partial charge in [0.15, 0.2) is 0 Å². The highest BCUT2D eigenvalue weighted by molar-refractivity contribution is 7.80. The number of rotatable bonds is 33. The van der Waals surface area contributed by atoms with Gasteiger partial charge in [-0.3, -0.25) is 28.8 Å². The van der Waals surface area contributed by atoms with E-state index in [-0.39, 0.29) is 43.6 Å². The number of benzene rings is 1. The molecule has 354 valence electrons. The van der Waals surface area contributed by atoms with E-state index < -0.39 is 83.7 Å².